The van der Waals surface area contributed by atoms with E-state index in [4.69, 9.17) is 10.5 Å². The number of hydrogen-bond acceptors (Lipinski definition) is 5. The lowest BCUT2D eigenvalue weighted by molar-refractivity contribution is -0.118. The molecule has 1 fully saturated rings. The van der Waals surface area contributed by atoms with Crippen LogP contribution >= 0.6 is 11.8 Å². The molecule has 0 aliphatic carbocycles. The SMILES string of the molecule is CCCC(Cc1cccc(-c2ccc(CC3SC(=O)NC3=O)cc2)c1)C(C)(C)OC(N)=O. The predicted octanol–water partition coefficient (Wildman–Crippen LogP) is 5.08. The van der Waals surface area contributed by atoms with E-state index in [9.17, 15) is 14.4 Å². The summed E-state index contributed by atoms with van der Waals surface area (Å²) >= 11 is 1.05. The predicted molar refractivity (Wildman–Crippen MR) is 127 cm³/mol. The van der Waals surface area contributed by atoms with Gasteiger partial charge in [0.25, 0.3) is 5.24 Å². The number of nitrogens with two attached hydrogens (primary N) is 1. The van der Waals surface area contributed by atoms with Gasteiger partial charge in [-0.15, -0.1) is 0 Å². The lowest BCUT2D eigenvalue weighted by Gasteiger charge is -2.33. The fraction of sp³-hybridized carbons (Fsp3) is 0.400. The summed E-state index contributed by atoms with van der Waals surface area (Å²) in [6.45, 7) is 5.95. The van der Waals surface area contributed by atoms with Crippen LogP contribution in [0.4, 0.5) is 9.59 Å². The van der Waals surface area contributed by atoms with Crippen LogP contribution in [-0.2, 0) is 22.4 Å². The molecule has 0 aromatic heterocycles. The number of nitrogens with one attached hydrogen (secondary N) is 1. The van der Waals surface area contributed by atoms with Gasteiger partial charge in [-0.1, -0.05) is 73.6 Å². The molecule has 1 aliphatic heterocycles. The average Bonchev–Trinajstić information content (AvgIpc) is 3.04. The average molecular weight is 455 g/mol. The molecule has 2 atom stereocenters. The zero-order chi connectivity index (χ0) is 23.3. The molecule has 3 N–H and O–H groups in total. The number of carbonyl (C=O) groups is 3. The Morgan fingerprint density at radius 2 is 1.84 bits per heavy atom. The van der Waals surface area contributed by atoms with Crippen molar-refractivity contribution >= 4 is 29.0 Å². The molecule has 3 rings (SSSR count). The van der Waals surface area contributed by atoms with Crippen LogP contribution in [0, 0.1) is 5.92 Å². The topological polar surface area (TPSA) is 98.5 Å². The standard InChI is InChI=1S/C25H30N2O4S/c1-4-6-20(25(2,3)31-23(26)29)14-17-7-5-8-19(13-17)18-11-9-16(10-12-18)15-21-22(28)27-24(30)32-21/h5,7-13,20-21H,4,6,14-15H2,1-3H3,(H2,26,29)(H,27,28,30). The van der Waals surface area contributed by atoms with Crippen molar-refractivity contribution in [2.45, 2.75) is 57.3 Å². The fourth-order valence-corrected chi connectivity index (χ4v) is 4.98. The normalized spacial score (nSPS) is 17.2. The summed E-state index contributed by atoms with van der Waals surface area (Å²) in [5, 5.41) is 1.69. The van der Waals surface area contributed by atoms with Crippen molar-refractivity contribution in [3.05, 3.63) is 59.7 Å². The third-order valence-corrected chi connectivity index (χ3v) is 6.85. The summed E-state index contributed by atoms with van der Waals surface area (Å²) in [6.07, 6.45) is 2.47. The van der Waals surface area contributed by atoms with Gasteiger partial charge < -0.3 is 10.5 Å². The summed E-state index contributed by atoms with van der Waals surface area (Å²) in [5.74, 6) is -0.0722. The summed E-state index contributed by atoms with van der Waals surface area (Å²) in [5.41, 5.74) is 9.00. The number of primary amides is 1. The molecule has 2 aromatic carbocycles. The van der Waals surface area contributed by atoms with Gasteiger partial charge in [0.2, 0.25) is 5.91 Å². The first kappa shape index (κ1) is 23.9. The highest BCUT2D eigenvalue weighted by molar-refractivity contribution is 8.15. The molecule has 170 valence electrons. The van der Waals surface area contributed by atoms with E-state index in [0.717, 1.165) is 47.7 Å². The van der Waals surface area contributed by atoms with Crippen LogP contribution in [0.1, 0.15) is 44.7 Å². The maximum atomic E-state index is 11.8. The number of rotatable bonds is 9. The molecule has 0 radical (unpaired) electrons. The highest BCUT2D eigenvalue weighted by Crippen LogP contribution is 2.31. The van der Waals surface area contributed by atoms with Crippen molar-refractivity contribution < 1.29 is 19.1 Å². The van der Waals surface area contributed by atoms with Gasteiger partial charge in [0.1, 0.15) is 5.60 Å². The van der Waals surface area contributed by atoms with E-state index in [2.05, 4.69) is 30.4 Å². The van der Waals surface area contributed by atoms with Crippen LogP contribution < -0.4 is 11.1 Å². The molecule has 0 spiro atoms. The van der Waals surface area contributed by atoms with Crippen molar-refractivity contribution in [2.24, 2.45) is 11.7 Å². The Morgan fingerprint density at radius 3 is 2.44 bits per heavy atom. The molecular formula is C25H30N2O4S. The highest BCUT2D eigenvalue weighted by Gasteiger charge is 2.33. The first-order valence-corrected chi connectivity index (χ1v) is 11.7. The lowest BCUT2D eigenvalue weighted by atomic mass is 9.82. The number of benzene rings is 2. The van der Waals surface area contributed by atoms with Crippen LogP contribution in [0.25, 0.3) is 11.1 Å². The van der Waals surface area contributed by atoms with Gasteiger partial charge in [-0.05, 0) is 55.4 Å². The van der Waals surface area contributed by atoms with E-state index < -0.39 is 11.7 Å². The smallest absolute Gasteiger partial charge is 0.405 e. The number of ether oxygens (including phenoxy) is 1. The van der Waals surface area contributed by atoms with E-state index in [1.165, 1.54) is 5.56 Å². The third kappa shape index (κ3) is 6.13. The van der Waals surface area contributed by atoms with Gasteiger partial charge in [-0.3, -0.25) is 14.9 Å². The molecule has 1 saturated heterocycles. The largest absolute Gasteiger partial charge is 0.443 e. The molecule has 2 aromatic rings. The monoisotopic (exact) mass is 454 g/mol. The number of hydrogen-bond donors (Lipinski definition) is 2. The summed E-state index contributed by atoms with van der Waals surface area (Å²) < 4.78 is 5.41. The van der Waals surface area contributed by atoms with Crippen LogP contribution in [0.15, 0.2) is 48.5 Å². The molecule has 3 amide bonds. The molecular weight excluding hydrogens is 424 g/mol. The molecule has 7 heteroatoms. The summed E-state index contributed by atoms with van der Waals surface area (Å²) in [4.78, 5) is 34.5. The maximum Gasteiger partial charge on any atom is 0.405 e. The number of carbonyl (C=O) groups excluding carboxylic acids is 3. The third-order valence-electron chi connectivity index (χ3n) is 5.87. The van der Waals surface area contributed by atoms with Crippen LogP contribution in [0.3, 0.4) is 0 Å². The Labute approximate surface area is 193 Å². The van der Waals surface area contributed by atoms with Gasteiger partial charge in [0.15, 0.2) is 0 Å². The summed E-state index contributed by atoms with van der Waals surface area (Å²) in [7, 11) is 0. The summed E-state index contributed by atoms with van der Waals surface area (Å²) in [6, 6.07) is 16.4. The Morgan fingerprint density at radius 1 is 1.12 bits per heavy atom. The molecule has 2 unspecified atom stereocenters. The zero-order valence-corrected chi connectivity index (χ0v) is 19.5. The van der Waals surface area contributed by atoms with Gasteiger partial charge in [-0.2, -0.15) is 0 Å². The minimum atomic E-state index is -0.747. The number of thioether (sulfide) groups is 1. The Hall–Kier alpha value is -2.80. The molecule has 1 heterocycles. The minimum absolute atomic E-state index is 0.149. The Kier molecular flexibility index (Phi) is 7.61. The second kappa shape index (κ2) is 10.2. The Balaban J connectivity index is 1.73. The van der Waals surface area contributed by atoms with Crippen LogP contribution in [0.5, 0.6) is 0 Å². The molecule has 6 nitrogen and oxygen atoms in total. The highest BCUT2D eigenvalue weighted by atomic mass is 32.2. The number of imide groups is 1. The van der Waals surface area contributed by atoms with E-state index in [1.54, 1.807) is 0 Å². The fourth-order valence-electron chi connectivity index (χ4n) is 4.12. The molecule has 0 bridgehead atoms. The van der Waals surface area contributed by atoms with E-state index >= 15 is 0 Å². The molecule has 32 heavy (non-hydrogen) atoms. The van der Waals surface area contributed by atoms with E-state index in [0.29, 0.717) is 6.42 Å². The quantitative estimate of drug-likeness (QED) is 0.550. The first-order chi connectivity index (χ1) is 15.2. The number of amides is 3. The molecule has 0 saturated carbocycles. The van der Waals surface area contributed by atoms with Crippen molar-refractivity contribution in [3.63, 3.8) is 0 Å². The zero-order valence-electron chi connectivity index (χ0n) is 18.7. The van der Waals surface area contributed by atoms with Crippen molar-refractivity contribution in [2.75, 3.05) is 0 Å². The van der Waals surface area contributed by atoms with E-state index in [1.807, 2.05) is 44.2 Å². The van der Waals surface area contributed by atoms with Crippen LogP contribution in [0.2, 0.25) is 0 Å². The van der Waals surface area contributed by atoms with Crippen LogP contribution in [-0.4, -0.2) is 28.1 Å². The maximum absolute atomic E-state index is 11.8. The van der Waals surface area contributed by atoms with Gasteiger partial charge in [-0.25, -0.2) is 4.79 Å². The second-order valence-electron chi connectivity index (χ2n) is 8.70. The van der Waals surface area contributed by atoms with Crippen molar-refractivity contribution in [1.82, 2.24) is 5.32 Å². The Bertz CT molecular complexity index is 988. The first-order valence-electron chi connectivity index (χ1n) is 10.9. The van der Waals surface area contributed by atoms with Crippen molar-refractivity contribution in [3.8, 4) is 11.1 Å². The second-order valence-corrected chi connectivity index (χ2v) is 9.87. The van der Waals surface area contributed by atoms with Gasteiger partial charge >= 0.3 is 6.09 Å². The minimum Gasteiger partial charge on any atom is -0.443 e. The van der Waals surface area contributed by atoms with E-state index in [-0.39, 0.29) is 22.3 Å². The molecule has 1 aliphatic rings. The lowest BCUT2D eigenvalue weighted by Crippen LogP contribution is -2.39. The van der Waals surface area contributed by atoms with Gasteiger partial charge in [0.05, 0.1) is 5.25 Å². The van der Waals surface area contributed by atoms with Gasteiger partial charge in [0, 0.05) is 5.92 Å². The van der Waals surface area contributed by atoms with Crippen molar-refractivity contribution in [1.29, 1.82) is 0 Å².